The normalized spacial score (nSPS) is 14.4. The molecule has 2 amide bonds. The molecule has 0 unspecified atom stereocenters. The molecule has 0 spiro atoms. The molecule has 5 nitrogen and oxygen atoms in total. The summed E-state index contributed by atoms with van der Waals surface area (Å²) in [7, 11) is 0. The Balaban J connectivity index is 1.51. The fraction of sp³-hybridized carbons (Fsp3) is 0.409. The molecule has 1 aliphatic rings. The Hall–Kier alpha value is -2.69. The van der Waals surface area contributed by atoms with E-state index in [1.807, 2.05) is 36.1 Å². The second-order valence-corrected chi connectivity index (χ2v) is 7.11. The molecule has 0 bridgehead atoms. The lowest BCUT2D eigenvalue weighted by atomic mass is 10.0. The molecule has 0 aliphatic carbocycles. The Morgan fingerprint density at radius 2 is 1.63 bits per heavy atom. The quantitative estimate of drug-likeness (QED) is 0.842. The second-order valence-electron chi connectivity index (χ2n) is 7.11. The molecule has 0 saturated carbocycles. The van der Waals surface area contributed by atoms with Crippen molar-refractivity contribution in [3.8, 4) is 5.75 Å². The van der Waals surface area contributed by atoms with Crippen LogP contribution < -0.4 is 15.0 Å². The lowest BCUT2D eigenvalue weighted by Gasteiger charge is -2.36. The lowest BCUT2D eigenvalue weighted by molar-refractivity contribution is 0.208. The highest BCUT2D eigenvalue weighted by atomic mass is 16.5. The van der Waals surface area contributed by atoms with Crippen molar-refractivity contribution in [1.29, 1.82) is 0 Å². The summed E-state index contributed by atoms with van der Waals surface area (Å²) in [5, 5.41) is 3.01. The molecule has 5 heteroatoms. The number of hydrogen-bond donors (Lipinski definition) is 1. The maximum Gasteiger partial charge on any atom is 0.321 e. The van der Waals surface area contributed by atoms with Gasteiger partial charge in [0.1, 0.15) is 5.75 Å². The van der Waals surface area contributed by atoms with Crippen molar-refractivity contribution < 1.29 is 9.53 Å². The van der Waals surface area contributed by atoms with E-state index >= 15 is 0 Å². The monoisotopic (exact) mass is 367 g/mol. The Labute approximate surface area is 161 Å². The number of piperazine rings is 1. The van der Waals surface area contributed by atoms with Crippen LogP contribution in [0.3, 0.4) is 0 Å². The number of nitrogens with one attached hydrogen (secondary N) is 1. The van der Waals surface area contributed by atoms with E-state index in [0.29, 0.717) is 25.6 Å². The van der Waals surface area contributed by atoms with Crippen molar-refractivity contribution in [2.24, 2.45) is 0 Å². The van der Waals surface area contributed by atoms with E-state index < -0.39 is 0 Å². The average Bonchev–Trinajstić information content (AvgIpc) is 2.69. The van der Waals surface area contributed by atoms with Crippen molar-refractivity contribution in [3.63, 3.8) is 0 Å². The summed E-state index contributed by atoms with van der Waals surface area (Å²) >= 11 is 0. The number of urea groups is 1. The van der Waals surface area contributed by atoms with Crippen molar-refractivity contribution in [3.05, 3.63) is 54.1 Å². The van der Waals surface area contributed by atoms with Crippen molar-refractivity contribution in [1.82, 2.24) is 4.90 Å². The minimum atomic E-state index is -0.0290. The maximum atomic E-state index is 12.5. The molecule has 2 aromatic rings. The van der Waals surface area contributed by atoms with Crippen molar-refractivity contribution in [2.45, 2.75) is 26.7 Å². The molecular weight excluding hydrogens is 338 g/mol. The molecule has 0 aromatic heterocycles. The fourth-order valence-corrected chi connectivity index (χ4v) is 3.24. The van der Waals surface area contributed by atoms with Crippen LogP contribution in [0.25, 0.3) is 0 Å². The molecular formula is C22H29N3O2. The third-order valence-corrected chi connectivity index (χ3v) is 4.91. The minimum Gasteiger partial charge on any atom is -0.494 e. The van der Waals surface area contributed by atoms with Gasteiger partial charge in [-0.05, 0) is 54.8 Å². The van der Waals surface area contributed by atoms with Gasteiger partial charge in [-0.25, -0.2) is 4.79 Å². The van der Waals surface area contributed by atoms with Crippen LogP contribution in [0.4, 0.5) is 16.2 Å². The summed E-state index contributed by atoms with van der Waals surface area (Å²) in [6, 6.07) is 16.2. The predicted molar refractivity (Wildman–Crippen MR) is 111 cm³/mol. The van der Waals surface area contributed by atoms with Crippen LogP contribution in [-0.2, 0) is 0 Å². The molecule has 2 aromatic carbocycles. The highest BCUT2D eigenvalue weighted by molar-refractivity contribution is 5.89. The summed E-state index contributed by atoms with van der Waals surface area (Å²) in [5.41, 5.74) is 3.29. The van der Waals surface area contributed by atoms with Crippen molar-refractivity contribution >= 4 is 17.4 Å². The lowest BCUT2D eigenvalue weighted by Crippen LogP contribution is -2.50. The zero-order valence-corrected chi connectivity index (χ0v) is 16.4. The maximum absolute atomic E-state index is 12.5. The predicted octanol–water partition coefficient (Wildman–Crippen LogP) is 4.56. The first-order valence-corrected chi connectivity index (χ1v) is 9.70. The topological polar surface area (TPSA) is 44.8 Å². The number of ether oxygens (including phenoxy) is 1. The van der Waals surface area contributed by atoms with Gasteiger partial charge < -0.3 is 19.9 Å². The molecule has 144 valence electrons. The van der Waals surface area contributed by atoms with Crippen LogP contribution >= 0.6 is 0 Å². The standard InChI is InChI=1S/C22H29N3O2/c1-4-27-21-11-9-20(10-12-21)24-13-15-25(16-14-24)22(26)23-19-7-5-18(6-8-19)17(2)3/h5-12,17H,4,13-16H2,1-3H3,(H,23,26). The van der Waals surface area contributed by atoms with E-state index in [9.17, 15) is 4.79 Å². The van der Waals surface area contributed by atoms with E-state index in [0.717, 1.165) is 24.5 Å². The SMILES string of the molecule is CCOc1ccc(N2CCN(C(=O)Nc3ccc(C(C)C)cc3)CC2)cc1. The molecule has 1 heterocycles. The largest absolute Gasteiger partial charge is 0.494 e. The van der Waals surface area contributed by atoms with Gasteiger partial charge in [-0.15, -0.1) is 0 Å². The van der Waals surface area contributed by atoms with Crippen LogP contribution in [0.5, 0.6) is 5.75 Å². The third kappa shape index (κ3) is 4.94. The number of benzene rings is 2. The Kier molecular flexibility index (Phi) is 6.22. The number of nitrogens with zero attached hydrogens (tertiary/aromatic N) is 2. The van der Waals surface area contributed by atoms with Gasteiger partial charge in [-0.1, -0.05) is 26.0 Å². The van der Waals surface area contributed by atoms with E-state index in [2.05, 4.69) is 48.3 Å². The van der Waals surface area contributed by atoms with Gasteiger partial charge in [0.15, 0.2) is 0 Å². The third-order valence-electron chi connectivity index (χ3n) is 4.91. The molecule has 0 radical (unpaired) electrons. The number of amides is 2. The molecule has 1 N–H and O–H groups in total. The van der Waals surface area contributed by atoms with Crippen LogP contribution in [0.15, 0.2) is 48.5 Å². The van der Waals surface area contributed by atoms with Crippen LogP contribution in [-0.4, -0.2) is 43.7 Å². The summed E-state index contributed by atoms with van der Waals surface area (Å²) in [6.07, 6.45) is 0. The minimum absolute atomic E-state index is 0.0290. The summed E-state index contributed by atoms with van der Waals surface area (Å²) in [4.78, 5) is 16.7. The first kappa shape index (κ1) is 19.1. The van der Waals surface area contributed by atoms with Gasteiger partial charge in [-0.3, -0.25) is 0 Å². The molecule has 27 heavy (non-hydrogen) atoms. The first-order valence-electron chi connectivity index (χ1n) is 9.70. The highest BCUT2D eigenvalue weighted by Gasteiger charge is 2.21. The molecule has 1 saturated heterocycles. The second kappa shape index (κ2) is 8.80. The van der Waals surface area contributed by atoms with Crippen LogP contribution in [0, 0.1) is 0 Å². The van der Waals surface area contributed by atoms with E-state index in [4.69, 9.17) is 4.74 Å². The molecule has 0 atom stereocenters. The summed E-state index contributed by atoms with van der Waals surface area (Å²) in [5.74, 6) is 1.38. The Morgan fingerprint density at radius 1 is 1.00 bits per heavy atom. The summed E-state index contributed by atoms with van der Waals surface area (Å²) < 4.78 is 5.49. The van der Waals surface area contributed by atoms with E-state index in [1.54, 1.807) is 0 Å². The summed E-state index contributed by atoms with van der Waals surface area (Å²) in [6.45, 7) is 10.1. The smallest absolute Gasteiger partial charge is 0.321 e. The van der Waals surface area contributed by atoms with Gasteiger partial charge >= 0.3 is 6.03 Å². The Bertz CT molecular complexity index is 733. The van der Waals surface area contributed by atoms with Crippen LogP contribution in [0.2, 0.25) is 0 Å². The van der Waals surface area contributed by atoms with E-state index in [-0.39, 0.29) is 6.03 Å². The zero-order chi connectivity index (χ0) is 19.2. The number of rotatable bonds is 5. The zero-order valence-electron chi connectivity index (χ0n) is 16.4. The van der Waals surface area contributed by atoms with Gasteiger partial charge in [-0.2, -0.15) is 0 Å². The number of hydrogen-bond acceptors (Lipinski definition) is 3. The molecule has 1 fully saturated rings. The highest BCUT2D eigenvalue weighted by Crippen LogP contribution is 2.21. The van der Waals surface area contributed by atoms with Gasteiger partial charge in [0, 0.05) is 37.6 Å². The number of anilines is 2. The Morgan fingerprint density at radius 3 is 2.19 bits per heavy atom. The first-order chi connectivity index (χ1) is 13.1. The van der Waals surface area contributed by atoms with Crippen LogP contribution in [0.1, 0.15) is 32.3 Å². The van der Waals surface area contributed by atoms with Gasteiger partial charge in [0.2, 0.25) is 0 Å². The number of carbonyl (C=O) groups excluding carboxylic acids is 1. The average molecular weight is 367 g/mol. The molecule has 3 rings (SSSR count). The van der Waals surface area contributed by atoms with E-state index in [1.165, 1.54) is 11.3 Å². The number of carbonyl (C=O) groups is 1. The fourth-order valence-electron chi connectivity index (χ4n) is 3.24. The van der Waals surface area contributed by atoms with Gasteiger partial charge in [0.05, 0.1) is 6.61 Å². The van der Waals surface area contributed by atoms with Crippen molar-refractivity contribution in [2.75, 3.05) is 43.0 Å². The van der Waals surface area contributed by atoms with Gasteiger partial charge in [0.25, 0.3) is 0 Å². The molecule has 1 aliphatic heterocycles.